The second-order valence-corrected chi connectivity index (χ2v) is 18.3. The maximum Gasteiger partial charge on any atom is 0.165 e. The molecule has 0 saturated heterocycles. The molecule has 0 saturated carbocycles. The minimum absolute atomic E-state index is 0. The molecule has 0 aliphatic carbocycles. The summed E-state index contributed by atoms with van der Waals surface area (Å²) in [7, 11) is 0. The van der Waals surface area contributed by atoms with Crippen molar-refractivity contribution in [2.24, 2.45) is 0 Å². The molecule has 0 aliphatic heterocycles. The van der Waals surface area contributed by atoms with Crippen molar-refractivity contribution >= 4 is 0 Å². The van der Waals surface area contributed by atoms with E-state index in [1.54, 1.807) is 0 Å². The van der Waals surface area contributed by atoms with Gasteiger partial charge in [0.1, 0.15) is 0 Å². The largest absolute Gasteiger partial charge is 0.304 e. The topological polar surface area (TPSA) is 51.6 Å². The molecule has 6 aromatic carbocycles. The minimum Gasteiger partial charge on any atom is -0.304 e. The van der Waals surface area contributed by atoms with Crippen LogP contribution >= 0.6 is 0 Å². The Kier molecular flexibility index (Phi) is 12.2. The van der Waals surface area contributed by atoms with Gasteiger partial charge in [0.25, 0.3) is 0 Å². The molecule has 0 unspecified atom stereocenters. The number of pyridine rings is 1. The second kappa shape index (κ2) is 17.2. The van der Waals surface area contributed by atoms with E-state index in [0.717, 1.165) is 39.1 Å². The average molecular weight is 974 g/mol. The SMILES string of the molecule is Cc1cc(C)cc(-c2ccccc2-c2c[c-]c(-c3ccc(-c4nc(-c5ccc(C(C)(C)C)cc5)nc(-c5ccc(C(C)(C)C)cc5)n4)cn3)cc2-c2c(C)cccc2C)c1.[Ir]. The zero-order valence-electron chi connectivity index (χ0n) is 36.9. The van der Waals surface area contributed by atoms with Crippen LogP contribution in [0, 0.1) is 33.8 Å². The third-order valence-corrected chi connectivity index (χ3v) is 11.4. The summed E-state index contributed by atoms with van der Waals surface area (Å²) < 4.78 is 0. The van der Waals surface area contributed by atoms with E-state index in [2.05, 4.69) is 209 Å². The first-order valence-electron chi connectivity index (χ1n) is 20.9. The summed E-state index contributed by atoms with van der Waals surface area (Å²) in [5.41, 5.74) is 19.1. The van der Waals surface area contributed by atoms with Crippen LogP contribution in [0.5, 0.6) is 0 Å². The van der Waals surface area contributed by atoms with Gasteiger partial charge in [0.2, 0.25) is 0 Å². The molecule has 2 aromatic heterocycles. The first kappa shape index (κ1) is 43.2. The van der Waals surface area contributed by atoms with Crippen LogP contribution in [0.3, 0.4) is 0 Å². The van der Waals surface area contributed by atoms with Crippen molar-refractivity contribution in [2.75, 3.05) is 0 Å². The summed E-state index contributed by atoms with van der Waals surface area (Å²) >= 11 is 0. The van der Waals surface area contributed by atoms with Gasteiger partial charge in [-0.25, -0.2) is 15.0 Å². The molecule has 307 valence electrons. The van der Waals surface area contributed by atoms with Crippen LogP contribution in [-0.2, 0) is 30.9 Å². The Labute approximate surface area is 376 Å². The molecule has 0 N–H and O–H groups in total. The van der Waals surface area contributed by atoms with Crippen molar-refractivity contribution in [1.82, 2.24) is 19.9 Å². The third kappa shape index (κ3) is 9.25. The molecule has 0 amide bonds. The molecular formula is C56H53IrN4-. The fourth-order valence-corrected chi connectivity index (χ4v) is 8.10. The van der Waals surface area contributed by atoms with Crippen LogP contribution in [0.2, 0.25) is 0 Å². The van der Waals surface area contributed by atoms with Crippen molar-refractivity contribution in [3.05, 3.63) is 179 Å². The fourth-order valence-electron chi connectivity index (χ4n) is 8.10. The minimum atomic E-state index is 0. The smallest absolute Gasteiger partial charge is 0.165 e. The van der Waals surface area contributed by atoms with E-state index >= 15 is 0 Å². The van der Waals surface area contributed by atoms with Gasteiger partial charge >= 0.3 is 0 Å². The van der Waals surface area contributed by atoms with Gasteiger partial charge in [-0.05, 0) is 83.2 Å². The number of rotatable bonds is 7. The molecule has 1 radical (unpaired) electrons. The van der Waals surface area contributed by atoms with Crippen molar-refractivity contribution < 1.29 is 20.1 Å². The van der Waals surface area contributed by atoms with E-state index in [-0.39, 0.29) is 30.9 Å². The monoisotopic (exact) mass is 974 g/mol. The van der Waals surface area contributed by atoms with Crippen LogP contribution in [0.1, 0.15) is 74.9 Å². The zero-order chi connectivity index (χ0) is 42.3. The Hall–Kier alpha value is -5.87. The van der Waals surface area contributed by atoms with Gasteiger partial charge in [0.15, 0.2) is 17.5 Å². The summed E-state index contributed by atoms with van der Waals surface area (Å²) in [6.07, 6.45) is 1.87. The molecule has 2 heterocycles. The van der Waals surface area contributed by atoms with Crippen LogP contribution < -0.4 is 0 Å². The molecule has 8 rings (SSSR count). The molecule has 0 atom stereocenters. The van der Waals surface area contributed by atoms with E-state index in [1.807, 2.05) is 6.20 Å². The Morgan fingerprint density at radius 3 is 1.43 bits per heavy atom. The molecular weight excluding hydrogens is 921 g/mol. The number of nitrogens with zero attached hydrogens (tertiary/aromatic N) is 4. The van der Waals surface area contributed by atoms with Gasteiger partial charge in [-0.2, -0.15) is 0 Å². The van der Waals surface area contributed by atoms with Crippen molar-refractivity contribution in [2.45, 2.75) is 80.1 Å². The van der Waals surface area contributed by atoms with Gasteiger partial charge in [-0.15, -0.1) is 23.8 Å². The Bertz CT molecular complexity index is 2730. The van der Waals surface area contributed by atoms with Crippen LogP contribution in [0.4, 0.5) is 0 Å². The van der Waals surface area contributed by atoms with Gasteiger partial charge < -0.3 is 4.98 Å². The molecule has 0 fully saturated rings. The maximum atomic E-state index is 5.04. The van der Waals surface area contributed by atoms with Crippen molar-refractivity contribution in [1.29, 1.82) is 0 Å². The number of hydrogen-bond donors (Lipinski definition) is 0. The number of benzene rings is 6. The van der Waals surface area contributed by atoms with Crippen LogP contribution in [0.25, 0.3) is 78.8 Å². The Morgan fingerprint density at radius 1 is 0.443 bits per heavy atom. The molecule has 5 heteroatoms. The van der Waals surface area contributed by atoms with E-state index in [9.17, 15) is 0 Å². The first-order chi connectivity index (χ1) is 28.6. The van der Waals surface area contributed by atoms with Crippen molar-refractivity contribution in [3.63, 3.8) is 0 Å². The molecule has 61 heavy (non-hydrogen) atoms. The van der Waals surface area contributed by atoms with Crippen LogP contribution in [-0.4, -0.2) is 19.9 Å². The first-order valence-corrected chi connectivity index (χ1v) is 20.9. The molecule has 4 nitrogen and oxygen atoms in total. The van der Waals surface area contributed by atoms with Crippen molar-refractivity contribution in [3.8, 4) is 78.8 Å². The average Bonchev–Trinajstić information content (AvgIpc) is 3.23. The molecule has 0 aliphatic rings. The molecule has 8 aromatic rings. The molecule has 0 bridgehead atoms. The van der Waals surface area contributed by atoms with Gasteiger partial charge in [-0.1, -0.05) is 191 Å². The second-order valence-electron chi connectivity index (χ2n) is 18.3. The summed E-state index contributed by atoms with van der Waals surface area (Å²) in [5, 5.41) is 0. The maximum absolute atomic E-state index is 5.04. The number of hydrogen-bond acceptors (Lipinski definition) is 4. The van der Waals surface area contributed by atoms with Gasteiger partial charge in [-0.3, -0.25) is 0 Å². The zero-order valence-corrected chi connectivity index (χ0v) is 39.3. The Morgan fingerprint density at radius 2 is 0.934 bits per heavy atom. The predicted molar refractivity (Wildman–Crippen MR) is 251 cm³/mol. The van der Waals surface area contributed by atoms with Crippen LogP contribution in [0.15, 0.2) is 140 Å². The third-order valence-electron chi connectivity index (χ3n) is 11.4. The van der Waals surface area contributed by atoms with Gasteiger partial charge in [0, 0.05) is 43.0 Å². The quantitative estimate of drug-likeness (QED) is 0.149. The summed E-state index contributed by atoms with van der Waals surface area (Å²) in [5.74, 6) is 1.83. The summed E-state index contributed by atoms with van der Waals surface area (Å²) in [6, 6.07) is 51.3. The standard InChI is InChI=1S/C56H53N4.Ir/c1-35-30-36(2)32-43(31-35)46-16-11-12-17-47(46)48-28-22-41(33-49(48)51-37(3)14-13-15-38(51)4)50-29-23-42(34-57-50)54-59-52(39-18-24-44(25-19-39)55(5,6)7)58-53(60-54)40-20-26-45(27-21-40)56(8,9)10;/h11-21,23-34H,1-10H3;/q-1;. The van der Waals surface area contributed by atoms with E-state index in [0.29, 0.717) is 17.5 Å². The van der Waals surface area contributed by atoms with E-state index in [1.165, 1.54) is 55.6 Å². The number of aromatic nitrogens is 4. The molecule has 0 spiro atoms. The predicted octanol–water partition coefficient (Wildman–Crippen LogP) is 14.6. The number of aryl methyl sites for hydroxylation is 4. The Balaban J connectivity index is 0.00000561. The summed E-state index contributed by atoms with van der Waals surface area (Å²) in [4.78, 5) is 20.1. The normalized spacial score (nSPS) is 11.6. The van der Waals surface area contributed by atoms with E-state index < -0.39 is 0 Å². The fraction of sp³-hybridized carbons (Fsp3) is 0.214. The van der Waals surface area contributed by atoms with E-state index in [4.69, 9.17) is 19.9 Å². The summed E-state index contributed by atoms with van der Waals surface area (Å²) in [6.45, 7) is 22.1. The van der Waals surface area contributed by atoms with Gasteiger partial charge in [0.05, 0.1) is 0 Å².